The van der Waals surface area contributed by atoms with Crippen LogP contribution >= 0.6 is 0 Å². The van der Waals surface area contributed by atoms with Gasteiger partial charge in [-0.2, -0.15) is 20.4 Å². The maximum Gasteiger partial charge on any atom is 0.240 e. The van der Waals surface area contributed by atoms with Crippen molar-refractivity contribution >= 4 is 9.84 Å². The monoisotopic (exact) mass is 284 g/mol. The third-order valence-corrected chi connectivity index (χ3v) is 4.65. The first kappa shape index (κ1) is 12.2. The molecule has 0 aromatic carbocycles. The number of nitrogens with zero attached hydrogens (tertiary/aromatic N) is 4. The SMILES string of the molecule is O=S1(=O)CCC(NCc2nc(-c3cn[nH]n3)no2)C1. The van der Waals surface area contributed by atoms with Crippen molar-refractivity contribution in [3.05, 3.63) is 12.1 Å². The van der Waals surface area contributed by atoms with E-state index in [-0.39, 0.29) is 17.5 Å². The van der Waals surface area contributed by atoms with Crippen LogP contribution in [0.3, 0.4) is 0 Å². The Hall–Kier alpha value is -1.81. The molecular weight excluding hydrogens is 272 g/mol. The molecular formula is C9H12N6O3S. The molecule has 0 bridgehead atoms. The third kappa shape index (κ3) is 2.79. The molecule has 2 aromatic heterocycles. The van der Waals surface area contributed by atoms with Crippen LogP contribution in [0.5, 0.6) is 0 Å². The third-order valence-electron chi connectivity index (χ3n) is 2.89. The van der Waals surface area contributed by atoms with Crippen molar-refractivity contribution in [3.63, 3.8) is 0 Å². The summed E-state index contributed by atoms with van der Waals surface area (Å²) in [4.78, 5) is 4.14. The first-order chi connectivity index (χ1) is 9.12. The number of hydrogen-bond donors (Lipinski definition) is 2. The van der Waals surface area contributed by atoms with E-state index in [0.29, 0.717) is 30.4 Å². The van der Waals surface area contributed by atoms with Gasteiger partial charge in [0.2, 0.25) is 11.7 Å². The number of H-pyrrole nitrogens is 1. The second-order valence-electron chi connectivity index (χ2n) is 4.35. The summed E-state index contributed by atoms with van der Waals surface area (Å²) in [6.45, 7) is 0.338. The Balaban J connectivity index is 1.59. The molecule has 10 heteroatoms. The largest absolute Gasteiger partial charge is 0.337 e. The van der Waals surface area contributed by atoms with E-state index in [1.807, 2.05) is 0 Å². The predicted molar refractivity (Wildman–Crippen MR) is 63.6 cm³/mol. The molecule has 2 aromatic rings. The molecule has 0 amide bonds. The molecule has 3 rings (SSSR count). The Bertz CT molecular complexity index is 649. The Kier molecular flexibility index (Phi) is 3.03. The summed E-state index contributed by atoms with van der Waals surface area (Å²) in [7, 11) is -2.88. The molecule has 0 saturated carbocycles. The Labute approximate surface area is 108 Å². The minimum Gasteiger partial charge on any atom is -0.337 e. The van der Waals surface area contributed by atoms with Crippen molar-refractivity contribution < 1.29 is 12.9 Å². The molecule has 1 aliphatic heterocycles. The second kappa shape index (κ2) is 4.70. The quantitative estimate of drug-likeness (QED) is 0.742. The van der Waals surface area contributed by atoms with Crippen LogP contribution in [0.4, 0.5) is 0 Å². The lowest BCUT2D eigenvalue weighted by molar-refractivity contribution is 0.360. The number of sulfone groups is 1. The first-order valence-corrected chi connectivity index (χ1v) is 7.57. The number of rotatable bonds is 4. The van der Waals surface area contributed by atoms with Gasteiger partial charge < -0.3 is 9.84 Å². The zero-order valence-electron chi connectivity index (χ0n) is 9.90. The zero-order valence-corrected chi connectivity index (χ0v) is 10.7. The summed E-state index contributed by atoms with van der Waals surface area (Å²) in [5.74, 6) is 1.14. The fourth-order valence-electron chi connectivity index (χ4n) is 1.93. The molecule has 19 heavy (non-hydrogen) atoms. The second-order valence-corrected chi connectivity index (χ2v) is 6.58. The highest BCUT2D eigenvalue weighted by molar-refractivity contribution is 7.91. The molecule has 1 fully saturated rings. The van der Waals surface area contributed by atoms with E-state index in [2.05, 4.69) is 30.9 Å². The zero-order chi connectivity index (χ0) is 13.3. The van der Waals surface area contributed by atoms with E-state index >= 15 is 0 Å². The molecule has 3 heterocycles. The lowest BCUT2D eigenvalue weighted by Gasteiger charge is -2.06. The summed E-state index contributed by atoms with van der Waals surface area (Å²) in [6.07, 6.45) is 2.11. The normalized spacial score (nSPS) is 21.8. The molecule has 1 saturated heterocycles. The van der Waals surface area contributed by atoms with Crippen LogP contribution in [-0.4, -0.2) is 51.5 Å². The van der Waals surface area contributed by atoms with Gasteiger partial charge in [0.25, 0.3) is 0 Å². The molecule has 1 unspecified atom stereocenters. The van der Waals surface area contributed by atoms with Crippen LogP contribution in [0.1, 0.15) is 12.3 Å². The summed E-state index contributed by atoms with van der Waals surface area (Å²) < 4.78 is 27.6. The van der Waals surface area contributed by atoms with Crippen LogP contribution in [-0.2, 0) is 16.4 Å². The molecule has 1 aliphatic rings. The van der Waals surface area contributed by atoms with Crippen LogP contribution in [0.15, 0.2) is 10.7 Å². The first-order valence-electron chi connectivity index (χ1n) is 5.75. The highest BCUT2D eigenvalue weighted by atomic mass is 32.2. The van der Waals surface area contributed by atoms with Gasteiger partial charge in [0.1, 0.15) is 0 Å². The summed E-state index contributed by atoms with van der Waals surface area (Å²) >= 11 is 0. The average molecular weight is 284 g/mol. The smallest absolute Gasteiger partial charge is 0.240 e. The number of nitrogens with one attached hydrogen (secondary N) is 2. The standard InChI is InChI=1S/C9H12N6O3S/c16-19(17)2-1-6(5-19)10-4-8-12-9(14-18-8)7-3-11-15-13-7/h3,6,10H,1-2,4-5H2,(H,11,13,15). The topological polar surface area (TPSA) is 127 Å². The van der Waals surface area contributed by atoms with Crippen molar-refractivity contribution in [3.8, 4) is 11.5 Å². The lowest BCUT2D eigenvalue weighted by atomic mass is 10.3. The van der Waals surface area contributed by atoms with E-state index in [1.165, 1.54) is 6.20 Å². The van der Waals surface area contributed by atoms with E-state index in [1.54, 1.807) is 0 Å². The van der Waals surface area contributed by atoms with Gasteiger partial charge in [0, 0.05) is 6.04 Å². The Morgan fingerprint density at radius 2 is 2.42 bits per heavy atom. The summed E-state index contributed by atoms with van der Waals surface area (Å²) in [5, 5.41) is 16.8. The minimum absolute atomic E-state index is 0.0487. The summed E-state index contributed by atoms with van der Waals surface area (Å²) in [5.41, 5.74) is 0.499. The van der Waals surface area contributed by atoms with Crippen LogP contribution in [0.25, 0.3) is 11.5 Å². The Morgan fingerprint density at radius 3 is 3.11 bits per heavy atom. The van der Waals surface area contributed by atoms with E-state index in [9.17, 15) is 8.42 Å². The molecule has 0 radical (unpaired) electrons. The maximum absolute atomic E-state index is 11.3. The summed E-state index contributed by atoms with van der Waals surface area (Å²) in [6, 6.07) is -0.0487. The van der Waals surface area contributed by atoms with Gasteiger partial charge in [-0.15, -0.1) is 0 Å². The van der Waals surface area contributed by atoms with Crippen molar-refractivity contribution in [2.45, 2.75) is 19.0 Å². The van der Waals surface area contributed by atoms with Gasteiger partial charge >= 0.3 is 0 Å². The Morgan fingerprint density at radius 1 is 1.53 bits per heavy atom. The van der Waals surface area contributed by atoms with Gasteiger partial charge in [-0.25, -0.2) is 8.42 Å². The van der Waals surface area contributed by atoms with Gasteiger partial charge in [-0.05, 0) is 6.42 Å². The maximum atomic E-state index is 11.3. The van der Waals surface area contributed by atoms with Gasteiger partial charge in [0.15, 0.2) is 15.5 Å². The molecule has 102 valence electrons. The number of aromatic amines is 1. The molecule has 2 N–H and O–H groups in total. The fraction of sp³-hybridized carbons (Fsp3) is 0.556. The van der Waals surface area contributed by atoms with Crippen molar-refractivity contribution in [2.24, 2.45) is 0 Å². The minimum atomic E-state index is -2.88. The average Bonchev–Trinajstić information content (AvgIpc) is 3.04. The fourth-order valence-corrected chi connectivity index (χ4v) is 3.64. The van der Waals surface area contributed by atoms with Crippen LogP contribution < -0.4 is 5.32 Å². The molecule has 9 nitrogen and oxygen atoms in total. The highest BCUT2D eigenvalue weighted by Gasteiger charge is 2.27. The molecule has 0 spiro atoms. The predicted octanol–water partition coefficient (Wildman–Crippen LogP) is -0.869. The highest BCUT2D eigenvalue weighted by Crippen LogP contribution is 2.13. The molecule has 0 aliphatic carbocycles. The number of hydrogen-bond acceptors (Lipinski definition) is 8. The molecule has 1 atom stereocenters. The van der Waals surface area contributed by atoms with Crippen molar-refractivity contribution in [2.75, 3.05) is 11.5 Å². The van der Waals surface area contributed by atoms with Gasteiger partial charge in [-0.3, -0.25) is 0 Å². The lowest BCUT2D eigenvalue weighted by Crippen LogP contribution is -2.29. The van der Waals surface area contributed by atoms with Crippen LogP contribution in [0, 0.1) is 0 Å². The van der Waals surface area contributed by atoms with Crippen LogP contribution in [0.2, 0.25) is 0 Å². The number of aromatic nitrogens is 5. The van der Waals surface area contributed by atoms with E-state index in [4.69, 9.17) is 4.52 Å². The van der Waals surface area contributed by atoms with Gasteiger partial charge in [-0.1, -0.05) is 5.16 Å². The van der Waals surface area contributed by atoms with Crippen molar-refractivity contribution in [1.29, 1.82) is 0 Å². The van der Waals surface area contributed by atoms with Crippen molar-refractivity contribution in [1.82, 2.24) is 30.9 Å². The van der Waals surface area contributed by atoms with E-state index in [0.717, 1.165) is 0 Å². The van der Waals surface area contributed by atoms with E-state index < -0.39 is 9.84 Å². The van der Waals surface area contributed by atoms with Gasteiger partial charge in [0.05, 0.1) is 24.2 Å².